The Morgan fingerprint density at radius 2 is 1.86 bits per heavy atom. The van der Waals surface area contributed by atoms with Gasteiger partial charge < -0.3 is 5.11 Å². The fourth-order valence-corrected chi connectivity index (χ4v) is 3.44. The normalized spacial score (nSPS) is 18.2. The maximum Gasteiger partial charge on any atom is 0.348 e. The van der Waals surface area contributed by atoms with Crippen LogP contribution in [0.4, 0.5) is 0 Å². The van der Waals surface area contributed by atoms with Crippen LogP contribution in [0.2, 0.25) is 0 Å². The molecular weight excluding hydrogens is 268 g/mol. The molecule has 0 atom stereocenters. The first-order valence-electron chi connectivity index (χ1n) is 7.79. The first kappa shape index (κ1) is 14.3. The van der Waals surface area contributed by atoms with E-state index in [-0.39, 0.29) is 18.2 Å². The van der Waals surface area contributed by atoms with Crippen LogP contribution < -0.4 is 5.69 Å². The van der Waals surface area contributed by atoms with Gasteiger partial charge in [0.05, 0.1) is 0 Å². The molecule has 1 aromatic heterocycles. The Morgan fingerprint density at radius 3 is 2.33 bits per heavy atom. The predicted octanol–water partition coefficient (Wildman–Crippen LogP) is 2.24. The number of carboxylic acid groups (broad SMARTS) is 1. The van der Waals surface area contributed by atoms with E-state index in [1.165, 1.54) is 25.7 Å². The number of aliphatic carboxylic acids is 1. The molecule has 0 bridgehead atoms. The molecule has 114 valence electrons. The zero-order valence-electron chi connectivity index (χ0n) is 12.6. The van der Waals surface area contributed by atoms with Gasteiger partial charge in [0.25, 0.3) is 0 Å². The van der Waals surface area contributed by atoms with Crippen LogP contribution in [0.15, 0.2) is 4.79 Å². The third-order valence-corrected chi connectivity index (χ3v) is 4.80. The van der Waals surface area contributed by atoms with Crippen molar-refractivity contribution in [1.29, 1.82) is 0 Å². The molecule has 0 radical (unpaired) electrons. The minimum atomic E-state index is -0.813. The quantitative estimate of drug-likeness (QED) is 0.872. The van der Waals surface area contributed by atoms with E-state index in [1.54, 1.807) is 6.92 Å². The zero-order valence-corrected chi connectivity index (χ0v) is 12.6. The maximum absolute atomic E-state index is 12.4. The van der Waals surface area contributed by atoms with Gasteiger partial charge in [-0.2, -0.15) is 4.98 Å². The number of hydrogen-bond donors (Lipinski definition) is 1. The van der Waals surface area contributed by atoms with Crippen molar-refractivity contribution in [2.24, 2.45) is 11.8 Å². The highest BCUT2D eigenvalue weighted by Crippen LogP contribution is 2.51. The maximum atomic E-state index is 12.4. The summed E-state index contributed by atoms with van der Waals surface area (Å²) in [7, 11) is 0. The van der Waals surface area contributed by atoms with Crippen molar-refractivity contribution in [2.75, 3.05) is 0 Å². The minimum absolute atomic E-state index is 0.0824. The Labute approximate surface area is 124 Å². The summed E-state index contributed by atoms with van der Waals surface area (Å²) in [6.07, 6.45) is 5.33. The van der Waals surface area contributed by atoms with E-state index in [4.69, 9.17) is 5.11 Å². The molecule has 0 spiro atoms. The van der Waals surface area contributed by atoms with Crippen LogP contribution in [0, 0.1) is 25.7 Å². The van der Waals surface area contributed by atoms with Gasteiger partial charge in [0.2, 0.25) is 0 Å². The first-order valence-corrected chi connectivity index (χ1v) is 7.79. The van der Waals surface area contributed by atoms with Gasteiger partial charge in [-0.1, -0.05) is 0 Å². The van der Waals surface area contributed by atoms with E-state index in [1.807, 2.05) is 11.5 Å². The van der Waals surface area contributed by atoms with Gasteiger partial charge in [0, 0.05) is 23.9 Å². The molecule has 0 saturated heterocycles. The molecule has 2 aliphatic carbocycles. The molecule has 2 fully saturated rings. The average Bonchev–Trinajstić information content (AvgIpc) is 3.25. The lowest BCUT2D eigenvalue weighted by Gasteiger charge is -2.23. The molecule has 0 aromatic carbocycles. The zero-order chi connectivity index (χ0) is 15.1. The van der Waals surface area contributed by atoms with Gasteiger partial charge in [0.1, 0.15) is 0 Å². The molecule has 21 heavy (non-hydrogen) atoms. The lowest BCUT2D eigenvalue weighted by molar-refractivity contribution is -0.136. The molecule has 0 amide bonds. The van der Waals surface area contributed by atoms with Crippen molar-refractivity contribution in [1.82, 2.24) is 9.55 Å². The highest BCUT2D eigenvalue weighted by Gasteiger charge is 2.43. The monoisotopic (exact) mass is 290 g/mol. The first-order chi connectivity index (χ1) is 9.99. The van der Waals surface area contributed by atoms with Crippen molar-refractivity contribution in [3.8, 4) is 0 Å². The van der Waals surface area contributed by atoms with Gasteiger partial charge in [-0.25, -0.2) is 4.79 Å². The van der Waals surface area contributed by atoms with Crippen molar-refractivity contribution in [3.05, 3.63) is 27.4 Å². The summed E-state index contributed by atoms with van der Waals surface area (Å²) in [5.74, 6) is 0.420. The Morgan fingerprint density at radius 1 is 1.29 bits per heavy atom. The van der Waals surface area contributed by atoms with Crippen LogP contribution >= 0.6 is 0 Å². The fraction of sp³-hybridized carbons (Fsp3) is 0.688. The van der Waals surface area contributed by atoms with Crippen LogP contribution in [0.1, 0.15) is 55.1 Å². The Kier molecular flexibility index (Phi) is 3.59. The number of rotatable bonds is 6. The van der Waals surface area contributed by atoms with Crippen LogP contribution in [-0.4, -0.2) is 20.6 Å². The second kappa shape index (κ2) is 5.28. The molecule has 3 rings (SSSR count). The van der Waals surface area contributed by atoms with E-state index in [0.29, 0.717) is 24.0 Å². The smallest absolute Gasteiger partial charge is 0.348 e. The van der Waals surface area contributed by atoms with Crippen LogP contribution in [-0.2, 0) is 11.2 Å². The van der Waals surface area contributed by atoms with Crippen LogP contribution in [0.25, 0.3) is 0 Å². The molecule has 5 nitrogen and oxygen atoms in total. The number of aryl methyl sites for hydroxylation is 1. The van der Waals surface area contributed by atoms with Gasteiger partial charge >= 0.3 is 11.7 Å². The molecule has 0 aliphatic heterocycles. The molecule has 1 heterocycles. The van der Waals surface area contributed by atoms with Gasteiger partial charge in [-0.15, -0.1) is 0 Å². The van der Waals surface area contributed by atoms with E-state index >= 15 is 0 Å². The van der Waals surface area contributed by atoms with Gasteiger partial charge in [-0.05, 0) is 63.4 Å². The summed E-state index contributed by atoms with van der Waals surface area (Å²) in [5.41, 5.74) is 2.38. The highest BCUT2D eigenvalue weighted by molar-refractivity contribution is 5.67. The van der Waals surface area contributed by atoms with Crippen LogP contribution in [0.3, 0.4) is 0 Å². The lowest BCUT2D eigenvalue weighted by Crippen LogP contribution is -2.33. The second-order valence-electron chi connectivity index (χ2n) is 6.47. The third-order valence-electron chi connectivity index (χ3n) is 4.80. The largest absolute Gasteiger partial charge is 0.481 e. The summed E-state index contributed by atoms with van der Waals surface area (Å²) >= 11 is 0. The van der Waals surface area contributed by atoms with Crippen LogP contribution in [0.5, 0.6) is 0 Å². The molecule has 0 unspecified atom stereocenters. The highest BCUT2D eigenvalue weighted by atomic mass is 16.4. The van der Waals surface area contributed by atoms with Crippen molar-refractivity contribution < 1.29 is 9.90 Å². The average molecular weight is 290 g/mol. The summed E-state index contributed by atoms with van der Waals surface area (Å²) in [4.78, 5) is 27.4. The van der Waals surface area contributed by atoms with Crippen molar-refractivity contribution in [3.63, 3.8) is 0 Å². The third kappa shape index (κ3) is 2.87. The summed E-state index contributed by atoms with van der Waals surface area (Å²) in [6.45, 7) is 3.75. The molecule has 5 heteroatoms. The molecule has 2 saturated carbocycles. The summed E-state index contributed by atoms with van der Waals surface area (Å²) < 4.78 is 1.87. The molecule has 1 aromatic rings. The predicted molar refractivity (Wildman–Crippen MR) is 78.4 cm³/mol. The van der Waals surface area contributed by atoms with E-state index in [0.717, 1.165) is 11.3 Å². The van der Waals surface area contributed by atoms with Gasteiger partial charge in [-0.3, -0.25) is 9.36 Å². The second-order valence-corrected chi connectivity index (χ2v) is 6.47. The van der Waals surface area contributed by atoms with E-state index < -0.39 is 5.97 Å². The lowest BCUT2D eigenvalue weighted by atomic mass is 10.0. The number of hydrogen-bond acceptors (Lipinski definition) is 3. The van der Waals surface area contributed by atoms with Crippen molar-refractivity contribution in [2.45, 2.75) is 58.4 Å². The van der Waals surface area contributed by atoms with Crippen molar-refractivity contribution >= 4 is 5.97 Å². The number of carbonyl (C=O) groups is 1. The SMILES string of the molecule is Cc1nc(=O)n(C(C2CC2)C2CC2)c(C)c1CCC(=O)O. The Bertz CT molecular complexity index is 615. The number of carboxylic acids is 1. The Balaban J connectivity index is 2.00. The minimum Gasteiger partial charge on any atom is -0.481 e. The summed E-state index contributed by atoms with van der Waals surface area (Å²) in [6, 6.07) is 0.286. The Hall–Kier alpha value is -1.65. The van der Waals surface area contributed by atoms with E-state index in [9.17, 15) is 9.59 Å². The summed E-state index contributed by atoms with van der Waals surface area (Å²) in [5, 5.41) is 8.90. The number of aromatic nitrogens is 2. The molecule has 1 N–H and O–H groups in total. The topological polar surface area (TPSA) is 72.2 Å². The number of nitrogens with zero attached hydrogens (tertiary/aromatic N) is 2. The molecular formula is C16H22N2O3. The van der Waals surface area contributed by atoms with E-state index in [2.05, 4.69) is 4.98 Å². The molecule has 2 aliphatic rings. The fourth-order valence-electron chi connectivity index (χ4n) is 3.44. The standard InChI is InChI=1S/C16H22N2O3/c1-9-13(7-8-14(19)20)10(2)18(16(21)17-9)15(11-3-4-11)12-5-6-12/h11-12,15H,3-8H2,1-2H3,(H,19,20). The van der Waals surface area contributed by atoms with Gasteiger partial charge in [0.15, 0.2) is 0 Å².